The molecule has 0 aliphatic rings. The molecule has 0 amide bonds. The second kappa shape index (κ2) is 3.42. The van der Waals surface area contributed by atoms with Gasteiger partial charge in [0.1, 0.15) is 5.82 Å². The van der Waals surface area contributed by atoms with E-state index in [9.17, 15) is 0 Å². The summed E-state index contributed by atoms with van der Waals surface area (Å²) in [5.41, 5.74) is 7.59. The van der Waals surface area contributed by atoms with Crippen molar-refractivity contribution in [2.45, 2.75) is 6.92 Å². The first-order valence-electron chi connectivity index (χ1n) is 4.11. The fourth-order valence-corrected chi connectivity index (χ4v) is 1.45. The average molecular weight is 253 g/mol. The van der Waals surface area contributed by atoms with Crippen LogP contribution < -0.4 is 5.73 Å². The molecule has 0 radical (unpaired) electrons. The number of nitrogens with zero attached hydrogens (tertiary/aromatic N) is 3. The number of hydrogen-bond acceptors (Lipinski definition) is 3. The largest absolute Gasteiger partial charge is 0.383 e. The highest BCUT2D eigenvalue weighted by Crippen LogP contribution is 2.25. The van der Waals surface area contributed by atoms with Gasteiger partial charge in [-0.15, -0.1) is 0 Å². The maximum Gasteiger partial charge on any atom is 0.141 e. The number of pyridine rings is 1. The molecule has 72 valence electrons. The molecule has 5 heteroatoms. The van der Waals surface area contributed by atoms with Gasteiger partial charge in [-0.25, -0.2) is 4.68 Å². The van der Waals surface area contributed by atoms with Crippen LogP contribution in [0.2, 0.25) is 0 Å². The summed E-state index contributed by atoms with van der Waals surface area (Å²) < 4.78 is 2.49. The first-order valence-corrected chi connectivity index (χ1v) is 4.90. The molecule has 2 heterocycles. The van der Waals surface area contributed by atoms with Gasteiger partial charge in [0.05, 0.1) is 22.1 Å². The fraction of sp³-hybridized carbons (Fsp3) is 0.111. The first kappa shape index (κ1) is 9.21. The van der Waals surface area contributed by atoms with E-state index in [0.717, 1.165) is 15.9 Å². The molecule has 0 aliphatic carbocycles. The van der Waals surface area contributed by atoms with Crippen molar-refractivity contribution < 1.29 is 0 Å². The van der Waals surface area contributed by atoms with E-state index < -0.39 is 0 Å². The van der Waals surface area contributed by atoms with E-state index in [1.165, 1.54) is 0 Å². The van der Waals surface area contributed by atoms with Crippen LogP contribution in [0.5, 0.6) is 0 Å². The van der Waals surface area contributed by atoms with Crippen molar-refractivity contribution in [2.75, 3.05) is 5.73 Å². The van der Waals surface area contributed by atoms with Gasteiger partial charge in [0.25, 0.3) is 0 Å². The first-order chi connectivity index (χ1) is 6.70. The fourth-order valence-electron chi connectivity index (χ4n) is 1.20. The van der Waals surface area contributed by atoms with Crippen molar-refractivity contribution in [3.05, 3.63) is 34.7 Å². The minimum Gasteiger partial charge on any atom is -0.383 e. The van der Waals surface area contributed by atoms with Gasteiger partial charge < -0.3 is 5.73 Å². The molecule has 2 N–H and O–H groups in total. The highest BCUT2D eigenvalue weighted by atomic mass is 79.9. The van der Waals surface area contributed by atoms with E-state index in [0.29, 0.717) is 5.82 Å². The minimum absolute atomic E-state index is 0.593. The van der Waals surface area contributed by atoms with E-state index in [2.05, 4.69) is 26.0 Å². The summed E-state index contributed by atoms with van der Waals surface area (Å²) >= 11 is 3.37. The number of hydrogen-bond donors (Lipinski definition) is 1. The minimum atomic E-state index is 0.593. The highest BCUT2D eigenvalue weighted by Gasteiger charge is 2.10. The SMILES string of the molecule is Cc1nn(-c2cccnc2)c(N)c1Br. The lowest BCUT2D eigenvalue weighted by molar-refractivity contribution is 0.866. The molecule has 0 fully saturated rings. The number of rotatable bonds is 1. The van der Waals surface area contributed by atoms with Crippen LogP contribution in [0.15, 0.2) is 29.0 Å². The number of anilines is 1. The normalized spacial score (nSPS) is 10.4. The van der Waals surface area contributed by atoms with Crippen molar-refractivity contribution >= 4 is 21.7 Å². The number of aromatic nitrogens is 3. The maximum atomic E-state index is 5.86. The van der Waals surface area contributed by atoms with Crippen LogP contribution in [0.25, 0.3) is 5.69 Å². The van der Waals surface area contributed by atoms with Gasteiger partial charge in [0.15, 0.2) is 0 Å². The van der Waals surface area contributed by atoms with Gasteiger partial charge in [-0.05, 0) is 35.0 Å². The van der Waals surface area contributed by atoms with Crippen molar-refractivity contribution in [3.63, 3.8) is 0 Å². The summed E-state index contributed by atoms with van der Waals surface area (Å²) in [7, 11) is 0. The van der Waals surface area contributed by atoms with E-state index >= 15 is 0 Å². The Morgan fingerprint density at radius 2 is 2.29 bits per heavy atom. The third-order valence-corrected chi connectivity index (χ3v) is 2.89. The molecule has 0 saturated heterocycles. The predicted molar refractivity (Wildman–Crippen MR) is 58.2 cm³/mol. The summed E-state index contributed by atoms with van der Waals surface area (Å²) in [6, 6.07) is 3.75. The number of aryl methyl sites for hydroxylation is 1. The maximum absolute atomic E-state index is 5.86. The zero-order chi connectivity index (χ0) is 10.1. The Morgan fingerprint density at radius 1 is 1.50 bits per heavy atom. The molecule has 4 nitrogen and oxygen atoms in total. The molecule has 0 spiro atoms. The Hall–Kier alpha value is -1.36. The van der Waals surface area contributed by atoms with E-state index in [1.54, 1.807) is 17.1 Å². The van der Waals surface area contributed by atoms with Crippen molar-refractivity contribution in [1.82, 2.24) is 14.8 Å². The quantitative estimate of drug-likeness (QED) is 0.844. The van der Waals surface area contributed by atoms with Crippen LogP contribution in [0.1, 0.15) is 5.69 Å². The van der Waals surface area contributed by atoms with Gasteiger partial charge in [-0.1, -0.05) is 0 Å². The number of nitrogen functional groups attached to an aromatic ring is 1. The van der Waals surface area contributed by atoms with E-state index in [1.807, 2.05) is 19.1 Å². The second-order valence-corrected chi connectivity index (χ2v) is 3.70. The van der Waals surface area contributed by atoms with Crippen LogP contribution >= 0.6 is 15.9 Å². The molecular formula is C9H9BrN4. The molecular weight excluding hydrogens is 244 g/mol. The van der Waals surface area contributed by atoms with Crippen molar-refractivity contribution in [3.8, 4) is 5.69 Å². The Bertz CT molecular complexity index is 449. The topological polar surface area (TPSA) is 56.7 Å². The smallest absolute Gasteiger partial charge is 0.141 e. The van der Waals surface area contributed by atoms with Crippen LogP contribution in [-0.2, 0) is 0 Å². The summed E-state index contributed by atoms with van der Waals surface area (Å²) in [5, 5.41) is 4.28. The monoisotopic (exact) mass is 252 g/mol. The lowest BCUT2D eigenvalue weighted by Gasteiger charge is -2.01. The second-order valence-electron chi connectivity index (χ2n) is 2.91. The van der Waals surface area contributed by atoms with E-state index in [-0.39, 0.29) is 0 Å². The van der Waals surface area contributed by atoms with Crippen molar-refractivity contribution in [1.29, 1.82) is 0 Å². The van der Waals surface area contributed by atoms with Crippen LogP contribution in [0.3, 0.4) is 0 Å². The Morgan fingerprint density at radius 3 is 2.79 bits per heavy atom. The molecule has 0 aliphatic heterocycles. The average Bonchev–Trinajstić information content (AvgIpc) is 2.47. The Kier molecular flexibility index (Phi) is 2.25. The van der Waals surface area contributed by atoms with Crippen LogP contribution in [0, 0.1) is 6.92 Å². The molecule has 0 bridgehead atoms. The molecule has 0 atom stereocenters. The van der Waals surface area contributed by atoms with Gasteiger partial charge in [0.2, 0.25) is 0 Å². The van der Waals surface area contributed by atoms with Gasteiger partial charge in [0, 0.05) is 6.20 Å². The van der Waals surface area contributed by atoms with E-state index in [4.69, 9.17) is 5.73 Å². The zero-order valence-corrected chi connectivity index (χ0v) is 9.19. The highest BCUT2D eigenvalue weighted by molar-refractivity contribution is 9.10. The predicted octanol–water partition coefficient (Wildman–Crippen LogP) is 1.92. The number of halogens is 1. The molecule has 2 aromatic rings. The third-order valence-electron chi connectivity index (χ3n) is 1.91. The third kappa shape index (κ3) is 1.39. The molecule has 2 rings (SSSR count). The molecule has 0 aromatic carbocycles. The standard InChI is InChI=1S/C9H9BrN4/c1-6-8(10)9(11)14(13-6)7-3-2-4-12-5-7/h2-5H,11H2,1H3. The van der Waals surface area contributed by atoms with Crippen LogP contribution in [0.4, 0.5) is 5.82 Å². The molecule has 0 saturated carbocycles. The molecule has 2 aromatic heterocycles. The zero-order valence-electron chi connectivity index (χ0n) is 7.61. The lowest BCUT2D eigenvalue weighted by Crippen LogP contribution is -2.01. The van der Waals surface area contributed by atoms with Crippen LogP contribution in [-0.4, -0.2) is 14.8 Å². The molecule has 0 unspecified atom stereocenters. The van der Waals surface area contributed by atoms with Crippen molar-refractivity contribution in [2.24, 2.45) is 0 Å². The lowest BCUT2D eigenvalue weighted by atomic mass is 10.4. The molecule has 14 heavy (non-hydrogen) atoms. The van der Waals surface area contributed by atoms with Gasteiger partial charge in [-0.3, -0.25) is 4.98 Å². The summed E-state index contributed by atoms with van der Waals surface area (Å²) in [6.45, 7) is 1.90. The van der Waals surface area contributed by atoms with Gasteiger partial charge in [-0.2, -0.15) is 5.10 Å². The summed E-state index contributed by atoms with van der Waals surface area (Å²) in [4.78, 5) is 4.01. The summed E-state index contributed by atoms with van der Waals surface area (Å²) in [5.74, 6) is 0.593. The Balaban J connectivity index is 2.58. The van der Waals surface area contributed by atoms with Gasteiger partial charge >= 0.3 is 0 Å². The Labute approximate surface area is 89.9 Å². The number of nitrogens with two attached hydrogens (primary N) is 1. The summed E-state index contributed by atoms with van der Waals surface area (Å²) in [6.07, 6.45) is 3.43.